The first-order valence-corrected chi connectivity index (χ1v) is 9.54. The maximum Gasteiger partial charge on any atom is 0.282 e. The lowest BCUT2D eigenvalue weighted by atomic mass is 10.1. The quantitative estimate of drug-likeness (QED) is 0.528. The minimum absolute atomic E-state index is 0.0719. The number of fused-ring (bicyclic) bond motifs is 1. The van der Waals surface area contributed by atoms with Gasteiger partial charge in [0.05, 0.1) is 12.3 Å². The number of hydrogen-bond acceptors (Lipinski definition) is 5. The van der Waals surface area contributed by atoms with Crippen molar-refractivity contribution in [3.8, 4) is 11.3 Å². The van der Waals surface area contributed by atoms with Gasteiger partial charge in [0.15, 0.2) is 4.96 Å². The van der Waals surface area contributed by atoms with Crippen molar-refractivity contribution in [2.75, 3.05) is 0 Å². The van der Waals surface area contributed by atoms with Crippen molar-refractivity contribution < 1.29 is 9.63 Å². The van der Waals surface area contributed by atoms with Gasteiger partial charge in [-0.2, -0.15) is 0 Å². The minimum Gasteiger partial charge on any atom is -0.269 e. The zero-order valence-electron chi connectivity index (χ0n) is 15.1. The van der Waals surface area contributed by atoms with Gasteiger partial charge in [0.25, 0.3) is 11.5 Å². The van der Waals surface area contributed by atoms with E-state index in [-0.39, 0.29) is 12.2 Å². The average molecular weight is 391 g/mol. The van der Waals surface area contributed by atoms with Crippen molar-refractivity contribution in [2.24, 2.45) is 0 Å². The summed E-state index contributed by atoms with van der Waals surface area (Å²) < 4.78 is 1.46. The number of nitrogens with zero attached hydrogens (tertiary/aromatic N) is 2. The van der Waals surface area contributed by atoms with Crippen LogP contribution >= 0.6 is 11.3 Å². The molecule has 0 unspecified atom stereocenters. The number of benzene rings is 2. The zero-order valence-corrected chi connectivity index (χ0v) is 15.9. The van der Waals surface area contributed by atoms with Crippen molar-refractivity contribution >= 4 is 22.2 Å². The normalized spacial score (nSPS) is 10.9. The minimum atomic E-state index is -0.621. The molecule has 0 radical (unpaired) electrons. The Morgan fingerprint density at radius 3 is 2.64 bits per heavy atom. The summed E-state index contributed by atoms with van der Waals surface area (Å²) in [5.41, 5.74) is 5.46. The summed E-state index contributed by atoms with van der Waals surface area (Å²) in [5, 5.41) is 1.86. The Labute approximate surface area is 165 Å². The SMILES string of the molecule is Cc1ccc(-c2csc3ncc(C(=O)NOCc4ccccc4)c(=O)n23)cc1. The molecule has 2 heterocycles. The fourth-order valence-electron chi connectivity index (χ4n) is 2.79. The van der Waals surface area contributed by atoms with E-state index in [2.05, 4.69) is 10.5 Å². The number of aromatic nitrogens is 2. The predicted octanol–water partition coefficient (Wildman–Crippen LogP) is 3.59. The van der Waals surface area contributed by atoms with Crippen LogP contribution in [0.15, 0.2) is 71.0 Å². The lowest BCUT2D eigenvalue weighted by Crippen LogP contribution is -2.31. The summed E-state index contributed by atoms with van der Waals surface area (Å²) in [4.78, 5) is 35.4. The summed E-state index contributed by atoms with van der Waals surface area (Å²) in [5.74, 6) is -0.621. The van der Waals surface area contributed by atoms with Crippen LogP contribution in [0.25, 0.3) is 16.2 Å². The third-order valence-electron chi connectivity index (χ3n) is 4.28. The van der Waals surface area contributed by atoms with E-state index >= 15 is 0 Å². The first kappa shape index (κ1) is 18.1. The van der Waals surface area contributed by atoms with Crippen LogP contribution in [0.5, 0.6) is 0 Å². The topological polar surface area (TPSA) is 72.7 Å². The van der Waals surface area contributed by atoms with Gasteiger partial charge in [0.1, 0.15) is 5.56 Å². The van der Waals surface area contributed by atoms with E-state index in [9.17, 15) is 9.59 Å². The highest BCUT2D eigenvalue weighted by Gasteiger charge is 2.17. The fourth-order valence-corrected chi connectivity index (χ4v) is 3.65. The Hall–Kier alpha value is -3.29. The molecule has 1 amide bonds. The van der Waals surface area contributed by atoms with E-state index in [0.717, 1.165) is 16.7 Å². The van der Waals surface area contributed by atoms with Gasteiger partial charge in [0, 0.05) is 11.6 Å². The highest BCUT2D eigenvalue weighted by Crippen LogP contribution is 2.24. The Morgan fingerprint density at radius 1 is 1.14 bits per heavy atom. The molecule has 0 atom stereocenters. The molecule has 4 rings (SSSR count). The van der Waals surface area contributed by atoms with Crippen LogP contribution in [0.4, 0.5) is 0 Å². The second-order valence-electron chi connectivity index (χ2n) is 6.29. The Kier molecular flexibility index (Phi) is 5.01. The molecule has 0 bridgehead atoms. The number of aryl methyl sites for hydroxylation is 1. The third kappa shape index (κ3) is 3.58. The Balaban J connectivity index is 1.60. The van der Waals surface area contributed by atoms with E-state index < -0.39 is 11.5 Å². The zero-order chi connectivity index (χ0) is 19.5. The number of carbonyl (C=O) groups excluding carboxylic acids is 1. The number of rotatable bonds is 5. The van der Waals surface area contributed by atoms with Gasteiger partial charge in [0.2, 0.25) is 0 Å². The van der Waals surface area contributed by atoms with Crippen LogP contribution in [-0.2, 0) is 11.4 Å². The number of amides is 1. The summed E-state index contributed by atoms with van der Waals surface area (Å²) in [6, 6.07) is 17.3. The summed E-state index contributed by atoms with van der Waals surface area (Å²) in [6.45, 7) is 2.21. The Morgan fingerprint density at radius 2 is 1.89 bits per heavy atom. The lowest BCUT2D eigenvalue weighted by molar-refractivity contribution is 0.0232. The van der Waals surface area contributed by atoms with Crippen molar-refractivity contribution in [1.82, 2.24) is 14.9 Å². The average Bonchev–Trinajstić information content (AvgIpc) is 3.14. The summed E-state index contributed by atoms with van der Waals surface area (Å²) >= 11 is 1.35. The second-order valence-corrected chi connectivity index (χ2v) is 7.12. The molecule has 7 heteroatoms. The van der Waals surface area contributed by atoms with Crippen molar-refractivity contribution in [2.45, 2.75) is 13.5 Å². The van der Waals surface area contributed by atoms with E-state index in [4.69, 9.17) is 4.84 Å². The molecular formula is C21H17N3O3S. The first-order valence-electron chi connectivity index (χ1n) is 8.66. The molecule has 0 aliphatic carbocycles. The molecule has 28 heavy (non-hydrogen) atoms. The van der Waals surface area contributed by atoms with E-state index in [1.807, 2.05) is 66.9 Å². The van der Waals surface area contributed by atoms with Gasteiger partial charge >= 0.3 is 0 Å². The van der Waals surface area contributed by atoms with Crippen LogP contribution in [0.2, 0.25) is 0 Å². The van der Waals surface area contributed by atoms with Gasteiger partial charge in [-0.15, -0.1) is 11.3 Å². The van der Waals surface area contributed by atoms with Gasteiger partial charge in [-0.1, -0.05) is 60.2 Å². The molecule has 0 fully saturated rings. The van der Waals surface area contributed by atoms with Gasteiger partial charge < -0.3 is 0 Å². The van der Waals surface area contributed by atoms with E-state index in [0.29, 0.717) is 10.7 Å². The van der Waals surface area contributed by atoms with E-state index in [1.165, 1.54) is 21.9 Å². The number of thiazole rings is 1. The summed E-state index contributed by atoms with van der Waals surface area (Å²) in [7, 11) is 0. The van der Waals surface area contributed by atoms with Crippen LogP contribution in [0, 0.1) is 6.92 Å². The van der Waals surface area contributed by atoms with Crippen LogP contribution < -0.4 is 11.0 Å². The van der Waals surface area contributed by atoms with Crippen LogP contribution in [-0.4, -0.2) is 15.3 Å². The molecule has 0 aliphatic rings. The standard InChI is InChI=1S/C21H17N3O3S/c1-14-7-9-16(10-8-14)18-13-28-21-22-11-17(20(26)24(18)21)19(25)23-27-12-15-5-3-2-4-6-15/h2-11,13H,12H2,1H3,(H,23,25). The molecule has 0 spiro atoms. The third-order valence-corrected chi connectivity index (χ3v) is 5.12. The smallest absolute Gasteiger partial charge is 0.269 e. The van der Waals surface area contributed by atoms with Crippen LogP contribution in [0.1, 0.15) is 21.5 Å². The van der Waals surface area contributed by atoms with Gasteiger partial charge in [-0.3, -0.25) is 18.8 Å². The molecule has 2 aromatic carbocycles. The molecule has 0 saturated carbocycles. The van der Waals surface area contributed by atoms with Crippen molar-refractivity contribution in [3.05, 3.63) is 93.2 Å². The number of hydrogen-bond donors (Lipinski definition) is 1. The molecule has 0 saturated heterocycles. The van der Waals surface area contributed by atoms with Gasteiger partial charge in [-0.05, 0) is 18.1 Å². The fraction of sp³-hybridized carbons (Fsp3) is 0.0952. The summed E-state index contributed by atoms with van der Waals surface area (Å²) in [6.07, 6.45) is 1.29. The highest BCUT2D eigenvalue weighted by atomic mass is 32.1. The van der Waals surface area contributed by atoms with Crippen molar-refractivity contribution in [3.63, 3.8) is 0 Å². The molecule has 0 aliphatic heterocycles. The maximum absolute atomic E-state index is 12.9. The molecule has 6 nitrogen and oxygen atoms in total. The van der Waals surface area contributed by atoms with Gasteiger partial charge in [-0.25, -0.2) is 10.5 Å². The number of hydroxylamine groups is 1. The lowest BCUT2D eigenvalue weighted by Gasteiger charge is -2.07. The van der Waals surface area contributed by atoms with Crippen molar-refractivity contribution in [1.29, 1.82) is 0 Å². The highest BCUT2D eigenvalue weighted by molar-refractivity contribution is 7.15. The molecule has 4 aromatic rings. The maximum atomic E-state index is 12.9. The Bertz CT molecular complexity index is 1180. The first-order chi connectivity index (χ1) is 13.6. The number of carbonyl (C=O) groups is 1. The van der Waals surface area contributed by atoms with E-state index in [1.54, 1.807) is 0 Å². The molecule has 1 N–H and O–H groups in total. The molecule has 2 aromatic heterocycles. The number of nitrogens with one attached hydrogen (secondary N) is 1. The molecular weight excluding hydrogens is 374 g/mol. The predicted molar refractivity (Wildman–Crippen MR) is 108 cm³/mol. The largest absolute Gasteiger partial charge is 0.282 e. The monoisotopic (exact) mass is 391 g/mol. The molecule has 140 valence electrons. The van der Waals surface area contributed by atoms with Crippen LogP contribution in [0.3, 0.4) is 0 Å². The second kappa shape index (κ2) is 7.75.